The maximum absolute atomic E-state index is 10.5. The number of rotatable bonds is 5. The van der Waals surface area contributed by atoms with Gasteiger partial charge < -0.3 is 9.84 Å². The van der Waals surface area contributed by atoms with E-state index in [-0.39, 0.29) is 12.2 Å². The van der Waals surface area contributed by atoms with E-state index in [1.807, 2.05) is 25.6 Å². The molecule has 7 heteroatoms. The van der Waals surface area contributed by atoms with Crippen LogP contribution in [0, 0.1) is 6.92 Å². The van der Waals surface area contributed by atoms with Gasteiger partial charge in [-0.15, -0.1) is 0 Å². The fraction of sp³-hybridized carbons (Fsp3) is 0.667. The summed E-state index contributed by atoms with van der Waals surface area (Å²) < 4.78 is 8.29. The number of nitrogens with zero attached hydrogens (tertiary/aromatic N) is 3. The van der Waals surface area contributed by atoms with Crippen LogP contribution in [0.15, 0.2) is 4.47 Å². The van der Waals surface area contributed by atoms with Crippen LogP contribution in [0.5, 0.6) is 0 Å². The van der Waals surface area contributed by atoms with Gasteiger partial charge in [-0.05, 0) is 29.8 Å². The quantitative estimate of drug-likeness (QED) is 0.877. The summed E-state index contributed by atoms with van der Waals surface area (Å²) in [5.41, 5.74) is 1.75. The molecule has 0 aromatic carbocycles. The minimum Gasteiger partial charge on any atom is -0.480 e. The van der Waals surface area contributed by atoms with Crippen LogP contribution in [0.1, 0.15) is 18.3 Å². The van der Waals surface area contributed by atoms with Gasteiger partial charge in [0, 0.05) is 26.7 Å². The summed E-state index contributed by atoms with van der Waals surface area (Å²) in [6, 6.07) is 0. The lowest BCUT2D eigenvalue weighted by Gasteiger charge is -2.47. The Balaban J connectivity index is 1.89. The Bertz CT molecular complexity index is 495. The lowest BCUT2D eigenvalue weighted by molar-refractivity contribution is -0.166. The highest BCUT2D eigenvalue weighted by atomic mass is 79.9. The van der Waals surface area contributed by atoms with Gasteiger partial charge in [0.25, 0.3) is 0 Å². The third-order valence-electron chi connectivity index (χ3n) is 3.30. The highest BCUT2D eigenvalue weighted by molar-refractivity contribution is 9.10. The van der Waals surface area contributed by atoms with E-state index in [2.05, 4.69) is 25.9 Å². The van der Waals surface area contributed by atoms with Gasteiger partial charge in [0.05, 0.1) is 21.5 Å². The van der Waals surface area contributed by atoms with Gasteiger partial charge in [-0.1, -0.05) is 0 Å². The largest absolute Gasteiger partial charge is 0.480 e. The molecular formula is C12H18BrN3O3. The highest BCUT2D eigenvalue weighted by Gasteiger charge is 2.40. The second-order valence-corrected chi connectivity index (χ2v) is 6.04. The van der Waals surface area contributed by atoms with E-state index in [9.17, 15) is 4.79 Å². The Morgan fingerprint density at radius 3 is 2.68 bits per heavy atom. The Hall–Kier alpha value is -0.920. The molecule has 2 heterocycles. The molecule has 1 aliphatic rings. The van der Waals surface area contributed by atoms with Crippen LogP contribution in [-0.2, 0) is 23.1 Å². The summed E-state index contributed by atoms with van der Waals surface area (Å²) >= 11 is 3.54. The number of hydrogen-bond donors (Lipinski definition) is 1. The first-order valence-electron chi connectivity index (χ1n) is 6.07. The third-order valence-corrected chi connectivity index (χ3v) is 4.33. The van der Waals surface area contributed by atoms with Crippen molar-refractivity contribution in [3.63, 3.8) is 0 Å². The molecule has 0 unspecified atom stereocenters. The van der Waals surface area contributed by atoms with E-state index in [1.165, 1.54) is 0 Å². The summed E-state index contributed by atoms with van der Waals surface area (Å²) in [4.78, 5) is 12.7. The summed E-state index contributed by atoms with van der Waals surface area (Å²) in [6.45, 7) is 5.91. The van der Waals surface area contributed by atoms with Crippen LogP contribution in [0.3, 0.4) is 0 Å². The molecule has 106 valence electrons. The normalized spacial score (nSPS) is 18.3. The molecule has 0 radical (unpaired) electrons. The number of aromatic nitrogens is 2. The van der Waals surface area contributed by atoms with E-state index < -0.39 is 5.97 Å². The molecule has 1 N–H and O–H groups in total. The van der Waals surface area contributed by atoms with Gasteiger partial charge in [-0.3, -0.25) is 9.58 Å². The molecule has 0 atom stereocenters. The lowest BCUT2D eigenvalue weighted by Crippen LogP contribution is -2.61. The first-order chi connectivity index (χ1) is 8.81. The minimum absolute atomic E-state index is 0.237. The number of ether oxygens (including phenoxy) is 1. The molecule has 0 amide bonds. The standard InChI is InChI=1S/C12H18BrN3O3/c1-8-11(13)9(15(3)14-8)4-16-6-12(2,7-16)19-5-10(17)18/h4-7H2,1-3H3,(H,17,18). The van der Waals surface area contributed by atoms with Crippen LogP contribution < -0.4 is 0 Å². The Labute approximate surface area is 120 Å². The Morgan fingerprint density at radius 1 is 1.58 bits per heavy atom. The number of aliphatic carboxylic acids is 1. The molecule has 6 nitrogen and oxygen atoms in total. The molecule has 2 rings (SSSR count). The predicted octanol–water partition coefficient (Wildman–Crippen LogP) is 1.17. The first-order valence-corrected chi connectivity index (χ1v) is 6.86. The molecular weight excluding hydrogens is 314 g/mol. The molecule has 1 aliphatic heterocycles. The van der Waals surface area contributed by atoms with Crippen LogP contribution >= 0.6 is 15.9 Å². The van der Waals surface area contributed by atoms with Crippen molar-refractivity contribution in [1.29, 1.82) is 0 Å². The predicted molar refractivity (Wildman–Crippen MR) is 72.9 cm³/mol. The SMILES string of the molecule is Cc1nn(C)c(CN2CC(C)(OCC(=O)O)C2)c1Br. The fourth-order valence-electron chi connectivity index (χ4n) is 2.40. The van der Waals surface area contributed by atoms with Crippen molar-refractivity contribution in [3.05, 3.63) is 15.9 Å². The smallest absolute Gasteiger partial charge is 0.329 e. The van der Waals surface area contributed by atoms with E-state index in [0.717, 1.165) is 35.5 Å². The zero-order valence-electron chi connectivity index (χ0n) is 11.3. The van der Waals surface area contributed by atoms with E-state index in [1.54, 1.807) is 0 Å². The number of likely N-dealkylation sites (tertiary alicyclic amines) is 1. The molecule has 0 saturated carbocycles. The maximum atomic E-state index is 10.5. The molecule has 0 spiro atoms. The third kappa shape index (κ3) is 3.16. The van der Waals surface area contributed by atoms with Gasteiger partial charge in [-0.2, -0.15) is 5.10 Å². The molecule has 1 fully saturated rings. The van der Waals surface area contributed by atoms with Gasteiger partial charge >= 0.3 is 5.97 Å². The van der Waals surface area contributed by atoms with Gasteiger partial charge in [-0.25, -0.2) is 4.79 Å². The molecule has 1 aromatic rings. The number of hydrogen-bond acceptors (Lipinski definition) is 4. The van der Waals surface area contributed by atoms with Gasteiger partial charge in [0.15, 0.2) is 0 Å². The zero-order valence-corrected chi connectivity index (χ0v) is 12.9. The van der Waals surface area contributed by atoms with Crippen molar-refractivity contribution >= 4 is 21.9 Å². The van der Waals surface area contributed by atoms with Crippen molar-refractivity contribution in [3.8, 4) is 0 Å². The second kappa shape index (κ2) is 5.22. The zero-order chi connectivity index (χ0) is 14.2. The molecule has 1 aromatic heterocycles. The Morgan fingerprint density at radius 2 is 2.21 bits per heavy atom. The summed E-state index contributed by atoms with van der Waals surface area (Å²) in [5, 5.41) is 13.0. The van der Waals surface area contributed by atoms with E-state index >= 15 is 0 Å². The summed E-state index contributed by atoms with van der Waals surface area (Å²) in [7, 11) is 1.92. The van der Waals surface area contributed by atoms with Crippen molar-refractivity contribution in [2.24, 2.45) is 7.05 Å². The lowest BCUT2D eigenvalue weighted by atomic mass is 9.96. The fourth-order valence-corrected chi connectivity index (χ4v) is 2.86. The molecule has 0 aliphatic carbocycles. The number of aryl methyl sites for hydroxylation is 2. The van der Waals surface area contributed by atoms with Gasteiger partial charge in [0.2, 0.25) is 0 Å². The van der Waals surface area contributed by atoms with Crippen molar-refractivity contribution in [2.45, 2.75) is 26.0 Å². The van der Waals surface area contributed by atoms with E-state index in [0.29, 0.717) is 0 Å². The summed E-state index contributed by atoms with van der Waals surface area (Å²) in [5.74, 6) is -0.926. The summed E-state index contributed by atoms with van der Waals surface area (Å²) in [6.07, 6.45) is 0. The van der Waals surface area contributed by atoms with Crippen LogP contribution in [0.2, 0.25) is 0 Å². The monoisotopic (exact) mass is 331 g/mol. The molecule has 19 heavy (non-hydrogen) atoms. The van der Waals surface area contributed by atoms with Crippen LogP contribution in [0.4, 0.5) is 0 Å². The van der Waals surface area contributed by atoms with Gasteiger partial charge in [0.1, 0.15) is 6.61 Å². The van der Waals surface area contributed by atoms with E-state index in [4.69, 9.17) is 9.84 Å². The first kappa shape index (κ1) is 14.5. The Kier molecular flexibility index (Phi) is 3.98. The maximum Gasteiger partial charge on any atom is 0.329 e. The average Bonchev–Trinajstić information content (AvgIpc) is 2.51. The van der Waals surface area contributed by atoms with Crippen molar-refractivity contribution < 1.29 is 14.6 Å². The molecule has 1 saturated heterocycles. The van der Waals surface area contributed by atoms with Crippen LogP contribution in [-0.4, -0.2) is 51.1 Å². The van der Waals surface area contributed by atoms with Crippen molar-refractivity contribution in [1.82, 2.24) is 14.7 Å². The topological polar surface area (TPSA) is 67.6 Å². The highest BCUT2D eigenvalue weighted by Crippen LogP contribution is 2.29. The minimum atomic E-state index is -0.926. The van der Waals surface area contributed by atoms with Crippen LogP contribution in [0.25, 0.3) is 0 Å². The number of carbonyl (C=O) groups is 1. The number of halogens is 1. The average molecular weight is 332 g/mol. The number of carboxylic acids is 1. The molecule has 0 bridgehead atoms. The number of carboxylic acid groups (broad SMARTS) is 1. The van der Waals surface area contributed by atoms with Crippen molar-refractivity contribution in [2.75, 3.05) is 19.7 Å². The second-order valence-electron chi connectivity index (χ2n) is 5.25.